The number of thiazole rings is 1. The fourth-order valence-electron chi connectivity index (χ4n) is 1.69. The van der Waals surface area contributed by atoms with Gasteiger partial charge in [-0.25, -0.2) is 18.1 Å². The topological polar surface area (TPSA) is 89.5 Å². The quantitative estimate of drug-likeness (QED) is 0.764. The third kappa shape index (κ3) is 2.25. The predicted molar refractivity (Wildman–Crippen MR) is 75.8 cm³/mol. The van der Waals surface area contributed by atoms with Crippen LogP contribution in [0.2, 0.25) is 0 Å². The van der Waals surface area contributed by atoms with Crippen LogP contribution >= 0.6 is 22.7 Å². The molecule has 0 aliphatic heterocycles. The summed E-state index contributed by atoms with van der Waals surface area (Å²) in [5.41, 5.74) is 6.61. The molecule has 0 fully saturated rings. The number of hydrogen-bond acceptors (Lipinski definition) is 6. The molecule has 0 saturated heterocycles. The fourth-order valence-corrected chi connectivity index (χ4v) is 4.36. The summed E-state index contributed by atoms with van der Waals surface area (Å²) >= 11 is 2.85. The molecule has 0 aromatic carbocycles. The van der Waals surface area contributed by atoms with Crippen molar-refractivity contribution in [2.75, 3.05) is 5.73 Å². The summed E-state index contributed by atoms with van der Waals surface area (Å²) in [5, 5.41) is 5.55. The summed E-state index contributed by atoms with van der Waals surface area (Å²) in [5.74, 6) is 0.0182. The number of nitrogens with one attached hydrogen (secondary N) is 1. The molecule has 0 radical (unpaired) electrons. The van der Waals surface area contributed by atoms with Crippen molar-refractivity contribution in [1.29, 1.82) is 0 Å². The van der Waals surface area contributed by atoms with Crippen LogP contribution in [0.1, 0.15) is 5.56 Å². The maximum absolute atomic E-state index is 12.3. The van der Waals surface area contributed by atoms with Crippen LogP contribution in [0.4, 0.5) is 5.82 Å². The molecule has 100 valence electrons. The molecular formula is C10H10N4O2S3. The highest BCUT2D eigenvalue weighted by Gasteiger charge is 2.24. The van der Waals surface area contributed by atoms with E-state index >= 15 is 0 Å². The lowest BCUT2D eigenvalue weighted by Crippen LogP contribution is -2.25. The fraction of sp³-hybridized carbons (Fsp3) is 0.100. The van der Waals surface area contributed by atoms with Gasteiger partial charge in [-0.3, -0.25) is 4.40 Å². The minimum absolute atomic E-state index is 0.000945. The zero-order chi connectivity index (χ0) is 13.5. The number of fused-ring (bicyclic) bond motifs is 1. The molecule has 0 aliphatic rings. The highest BCUT2D eigenvalue weighted by Crippen LogP contribution is 2.23. The summed E-state index contributed by atoms with van der Waals surface area (Å²) in [6, 6.07) is 1.87. The van der Waals surface area contributed by atoms with E-state index in [1.165, 1.54) is 27.1 Å². The first-order valence-electron chi connectivity index (χ1n) is 5.30. The molecule has 3 rings (SSSR count). The third-order valence-corrected chi connectivity index (χ3v) is 5.47. The first-order chi connectivity index (χ1) is 9.08. The summed E-state index contributed by atoms with van der Waals surface area (Å²) < 4.78 is 28.6. The van der Waals surface area contributed by atoms with Crippen molar-refractivity contribution < 1.29 is 8.42 Å². The normalized spacial score (nSPS) is 12.2. The molecule has 0 saturated carbocycles. The Balaban J connectivity index is 1.95. The summed E-state index contributed by atoms with van der Waals surface area (Å²) in [7, 11) is -3.68. The highest BCUT2D eigenvalue weighted by atomic mass is 32.2. The Labute approximate surface area is 117 Å². The second-order valence-electron chi connectivity index (χ2n) is 3.81. The van der Waals surface area contributed by atoms with E-state index in [1.54, 1.807) is 11.6 Å². The van der Waals surface area contributed by atoms with Gasteiger partial charge in [0.1, 0.15) is 0 Å². The van der Waals surface area contributed by atoms with Crippen LogP contribution in [-0.2, 0) is 16.6 Å². The molecule has 3 heterocycles. The first kappa shape index (κ1) is 12.6. The molecule has 0 atom stereocenters. The second kappa shape index (κ2) is 4.60. The zero-order valence-electron chi connectivity index (χ0n) is 9.61. The lowest BCUT2D eigenvalue weighted by molar-refractivity contribution is 0.577. The molecule has 3 aromatic heterocycles. The molecule has 0 unspecified atom stereocenters. The van der Waals surface area contributed by atoms with Gasteiger partial charge in [0, 0.05) is 18.1 Å². The number of hydrogen-bond donors (Lipinski definition) is 2. The van der Waals surface area contributed by atoms with Crippen LogP contribution in [0, 0.1) is 0 Å². The van der Waals surface area contributed by atoms with Gasteiger partial charge < -0.3 is 5.73 Å². The maximum atomic E-state index is 12.3. The first-order valence-corrected chi connectivity index (χ1v) is 8.60. The molecule has 6 nitrogen and oxygen atoms in total. The van der Waals surface area contributed by atoms with Gasteiger partial charge in [0.25, 0.3) is 10.0 Å². The van der Waals surface area contributed by atoms with Crippen molar-refractivity contribution >= 4 is 43.5 Å². The molecule has 3 aromatic rings. The summed E-state index contributed by atoms with van der Waals surface area (Å²) in [4.78, 5) is 4.59. The molecular weight excluding hydrogens is 304 g/mol. The van der Waals surface area contributed by atoms with Gasteiger partial charge in [-0.15, -0.1) is 11.3 Å². The largest absolute Gasteiger partial charge is 0.381 e. The molecule has 0 amide bonds. The van der Waals surface area contributed by atoms with E-state index in [2.05, 4.69) is 9.71 Å². The monoisotopic (exact) mass is 314 g/mol. The standard InChI is InChI=1S/C10H10N4O2S3/c11-8-9(14-2-4-18-10(14)13-8)19(15,16)12-5-7-1-3-17-6-7/h1-4,6,12H,5,11H2. The highest BCUT2D eigenvalue weighted by molar-refractivity contribution is 7.89. The van der Waals surface area contributed by atoms with Gasteiger partial charge in [0.05, 0.1) is 0 Å². The minimum atomic E-state index is -3.68. The molecule has 0 spiro atoms. The van der Waals surface area contributed by atoms with Crippen molar-refractivity contribution in [2.24, 2.45) is 0 Å². The number of nitrogen functional groups attached to an aromatic ring is 1. The maximum Gasteiger partial charge on any atom is 0.260 e. The molecule has 3 N–H and O–H groups in total. The Morgan fingerprint density at radius 3 is 3.00 bits per heavy atom. The van der Waals surface area contributed by atoms with E-state index in [0.717, 1.165) is 5.56 Å². The number of aromatic nitrogens is 2. The average Bonchev–Trinajstić information content (AvgIpc) is 3.01. The summed E-state index contributed by atoms with van der Waals surface area (Å²) in [6.45, 7) is 0.239. The van der Waals surface area contributed by atoms with Gasteiger partial charge in [0.2, 0.25) is 0 Å². The second-order valence-corrected chi connectivity index (χ2v) is 7.15. The van der Waals surface area contributed by atoms with Gasteiger partial charge in [0.15, 0.2) is 15.8 Å². The van der Waals surface area contributed by atoms with Crippen LogP contribution in [0.5, 0.6) is 0 Å². The van der Waals surface area contributed by atoms with Gasteiger partial charge in [-0.2, -0.15) is 11.3 Å². The van der Waals surface area contributed by atoms with E-state index in [4.69, 9.17) is 5.73 Å². The Hall–Kier alpha value is -1.42. The van der Waals surface area contributed by atoms with Gasteiger partial charge in [-0.1, -0.05) is 0 Å². The van der Waals surface area contributed by atoms with Gasteiger partial charge in [-0.05, 0) is 22.4 Å². The number of imidazole rings is 1. The summed E-state index contributed by atoms with van der Waals surface area (Å²) in [6.07, 6.45) is 1.64. The number of rotatable bonds is 4. The zero-order valence-corrected chi connectivity index (χ0v) is 12.1. The van der Waals surface area contributed by atoms with Crippen LogP contribution in [0.15, 0.2) is 33.4 Å². The Morgan fingerprint density at radius 2 is 2.26 bits per heavy atom. The molecule has 0 bridgehead atoms. The Kier molecular flexibility index (Phi) is 3.05. The van der Waals surface area contributed by atoms with Crippen LogP contribution in [0.3, 0.4) is 0 Å². The van der Waals surface area contributed by atoms with Crippen LogP contribution < -0.4 is 10.5 Å². The molecule has 9 heteroatoms. The van der Waals surface area contributed by atoms with Crippen molar-refractivity contribution in [2.45, 2.75) is 11.6 Å². The average molecular weight is 314 g/mol. The SMILES string of the molecule is Nc1nc2sccn2c1S(=O)(=O)NCc1ccsc1. The van der Waals surface area contributed by atoms with Crippen molar-refractivity contribution in [1.82, 2.24) is 14.1 Å². The van der Waals surface area contributed by atoms with E-state index < -0.39 is 10.0 Å². The van der Waals surface area contributed by atoms with Crippen molar-refractivity contribution in [3.05, 3.63) is 34.0 Å². The Morgan fingerprint density at radius 1 is 1.42 bits per heavy atom. The van der Waals surface area contributed by atoms with Crippen LogP contribution in [0.25, 0.3) is 4.96 Å². The predicted octanol–water partition coefficient (Wildman–Crippen LogP) is 1.52. The number of sulfonamides is 1. The number of nitrogens with zero attached hydrogens (tertiary/aromatic N) is 2. The molecule has 19 heavy (non-hydrogen) atoms. The van der Waals surface area contributed by atoms with E-state index in [9.17, 15) is 8.42 Å². The van der Waals surface area contributed by atoms with E-state index in [-0.39, 0.29) is 17.4 Å². The Bertz CT molecular complexity index is 801. The third-order valence-electron chi connectivity index (χ3n) is 2.54. The lowest BCUT2D eigenvalue weighted by atomic mass is 10.4. The molecule has 0 aliphatic carbocycles. The van der Waals surface area contributed by atoms with E-state index in [0.29, 0.717) is 4.96 Å². The minimum Gasteiger partial charge on any atom is -0.381 e. The van der Waals surface area contributed by atoms with Crippen LogP contribution in [-0.4, -0.2) is 17.8 Å². The van der Waals surface area contributed by atoms with Gasteiger partial charge >= 0.3 is 0 Å². The van der Waals surface area contributed by atoms with E-state index in [1.807, 2.05) is 16.8 Å². The van der Waals surface area contributed by atoms with Crippen molar-refractivity contribution in [3.63, 3.8) is 0 Å². The smallest absolute Gasteiger partial charge is 0.260 e. The number of thiophene rings is 1. The number of anilines is 1. The van der Waals surface area contributed by atoms with Crippen molar-refractivity contribution in [3.8, 4) is 0 Å². The number of nitrogens with two attached hydrogens (primary N) is 1. The lowest BCUT2D eigenvalue weighted by Gasteiger charge is -2.05.